The lowest BCUT2D eigenvalue weighted by molar-refractivity contribution is -0.140. The Morgan fingerprint density at radius 2 is 2.00 bits per heavy atom. The van der Waals surface area contributed by atoms with Gasteiger partial charge < -0.3 is 4.74 Å². The van der Waals surface area contributed by atoms with Gasteiger partial charge in [-0.2, -0.15) is 10.5 Å². The highest BCUT2D eigenvalue weighted by Gasteiger charge is 1.82. The van der Waals surface area contributed by atoms with Crippen LogP contribution in [0.2, 0.25) is 0 Å². The van der Waals surface area contributed by atoms with Crippen molar-refractivity contribution in [3.63, 3.8) is 0 Å². The molecule has 0 saturated carbocycles. The minimum atomic E-state index is -0.211. The summed E-state index contributed by atoms with van der Waals surface area (Å²) in [7, 11) is 0. The van der Waals surface area contributed by atoms with Gasteiger partial charge in [-0.25, -0.2) is 0 Å². The summed E-state index contributed by atoms with van der Waals surface area (Å²) < 4.78 is 4.40. The number of hydroxylamine groups is 2. The van der Waals surface area contributed by atoms with Crippen LogP contribution in [0.1, 0.15) is 13.8 Å². The zero-order valence-corrected chi connectivity index (χ0v) is 6.81. The molecular formula is C6H9N3O3. The maximum Gasteiger partial charge on any atom is 0.302 e. The van der Waals surface area contributed by atoms with Crippen LogP contribution in [0.4, 0.5) is 0 Å². The average molecular weight is 171 g/mol. The van der Waals surface area contributed by atoms with E-state index in [4.69, 9.17) is 15.7 Å². The molecule has 0 amide bonds. The second kappa shape index (κ2) is 9.21. The van der Waals surface area contributed by atoms with Crippen molar-refractivity contribution in [1.29, 1.82) is 10.5 Å². The first-order chi connectivity index (χ1) is 5.58. The molecule has 0 aliphatic rings. The first-order valence-electron chi connectivity index (χ1n) is 3.00. The Morgan fingerprint density at radius 1 is 1.58 bits per heavy atom. The van der Waals surface area contributed by atoms with Crippen molar-refractivity contribution in [3.8, 4) is 12.4 Å². The summed E-state index contributed by atoms with van der Waals surface area (Å²) in [5.74, 6) is -0.211. The third-order valence-electron chi connectivity index (χ3n) is 0.537. The monoisotopic (exact) mass is 171 g/mol. The van der Waals surface area contributed by atoms with Crippen LogP contribution >= 0.6 is 0 Å². The van der Waals surface area contributed by atoms with Crippen LogP contribution in [0, 0.1) is 22.9 Å². The van der Waals surface area contributed by atoms with Gasteiger partial charge >= 0.3 is 5.97 Å². The highest BCUT2D eigenvalue weighted by Crippen LogP contribution is 1.69. The molecule has 12 heavy (non-hydrogen) atoms. The quantitative estimate of drug-likeness (QED) is 0.262. The molecule has 6 nitrogen and oxygen atoms in total. The van der Waals surface area contributed by atoms with Gasteiger partial charge in [-0.3, -0.25) is 10.0 Å². The molecule has 0 rings (SSSR count). The van der Waals surface area contributed by atoms with Crippen LogP contribution in [0.3, 0.4) is 0 Å². The van der Waals surface area contributed by atoms with E-state index >= 15 is 0 Å². The van der Waals surface area contributed by atoms with Gasteiger partial charge in [0.25, 0.3) is 0 Å². The fraction of sp³-hybridized carbons (Fsp3) is 0.500. The predicted octanol–water partition coefficient (Wildman–Crippen LogP) is 0.209. The zero-order valence-electron chi connectivity index (χ0n) is 6.81. The normalized spacial score (nSPS) is 6.42. The van der Waals surface area contributed by atoms with Gasteiger partial charge in [-0.05, 0) is 6.92 Å². The first kappa shape index (κ1) is 12.8. The SMILES string of the molecule is CCOC(C)=O.N#CN(O)C#N. The first-order valence-corrected chi connectivity index (χ1v) is 3.00. The summed E-state index contributed by atoms with van der Waals surface area (Å²) in [6.07, 6.45) is 2.28. The van der Waals surface area contributed by atoms with Crippen LogP contribution in [-0.4, -0.2) is 22.8 Å². The van der Waals surface area contributed by atoms with Crippen molar-refractivity contribution in [1.82, 2.24) is 5.06 Å². The maximum absolute atomic E-state index is 9.82. The smallest absolute Gasteiger partial charge is 0.302 e. The molecule has 0 saturated heterocycles. The van der Waals surface area contributed by atoms with E-state index in [0.29, 0.717) is 6.61 Å². The van der Waals surface area contributed by atoms with Crippen LogP contribution in [0.25, 0.3) is 0 Å². The number of esters is 1. The number of carbonyl (C=O) groups excluding carboxylic acids is 1. The third kappa shape index (κ3) is 15.7. The summed E-state index contributed by atoms with van der Waals surface area (Å²) in [6.45, 7) is 3.65. The third-order valence-corrected chi connectivity index (χ3v) is 0.537. The fourth-order valence-electron chi connectivity index (χ4n) is 0.226. The van der Waals surface area contributed by atoms with Crippen molar-refractivity contribution >= 4 is 5.97 Å². The lowest BCUT2D eigenvalue weighted by Gasteiger charge is -1.89. The molecule has 0 bridgehead atoms. The van der Waals surface area contributed by atoms with Crippen molar-refractivity contribution in [2.45, 2.75) is 13.8 Å². The van der Waals surface area contributed by atoms with Gasteiger partial charge in [-0.1, -0.05) is 5.06 Å². The average Bonchev–Trinajstić information content (AvgIpc) is 2.04. The van der Waals surface area contributed by atoms with Crippen molar-refractivity contribution in [2.24, 2.45) is 0 Å². The standard InChI is InChI=1S/C4H8O2.C2HN3O/c1-3-6-4(2)5;3-1-5(6)2-4/h3H2,1-2H3;6H. The van der Waals surface area contributed by atoms with Crippen LogP contribution in [0.15, 0.2) is 0 Å². The molecule has 0 heterocycles. The minimum absolute atomic E-state index is 0.139. The summed E-state index contributed by atoms with van der Waals surface area (Å²) in [4.78, 5) is 9.82. The summed E-state index contributed by atoms with van der Waals surface area (Å²) in [5, 5.41) is 22.7. The van der Waals surface area contributed by atoms with E-state index in [9.17, 15) is 4.79 Å². The molecule has 0 radical (unpaired) electrons. The Bertz CT molecular complexity index is 189. The number of nitriles is 2. The summed E-state index contributed by atoms with van der Waals surface area (Å²) in [6, 6.07) is 0. The summed E-state index contributed by atoms with van der Waals surface area (Å²) >= 11 is 0. The molecule has 0 aromatic heterocycles. The molecular weight excluding hydrogens is 162 g/mol. The topological polar surface area (TPSA) is 97.3 Å². The molecule has 6 heteroatoms. The van der Waals surface area contributed by atoms with Gasteiger partial charge in [0, 0.05) is 6.92 Å². The van der Waals surface area contributed by atoms with E-state index in [2.05, 4.69) is 4.74 Å². The van der Waals surface area contributed by atoms with E-state index in [1.807, 2.05) is 0 Å². The molecule has 0 aromatic rings. The Morgan fingerprint density at radius 3 is 2.00 bits per heavy atom. The molecule has 0 aromatic carbocycles. The number of ether oxygens (including phenoxy) is 1. The van der Waals surface area contributed by atoms with Crippen molar-refractivity contribution in [3.05, 3.63) is 0 Å². The van der Waals surface area contributed by atoms with Gasteiger partial charge in [0.15, 0.2) is 0 Å². The molecule has 0 aliphatic carbocycles. The lowest BCUT2D eigenvalue weighted by atomic mass is 10.8. The Balaban J connectivity index is 0. The van der Waals surface area contributed by atoms with E-state index in [1.165, 1.54) is 6.92 Å². The van der Waals surface area contributed by atoms with E-state index in [-0.39, 0.29) is 11.0 Å². The number of hydrogen-bond acceptors (Lipinski definition) is 6. The Kier molecular flexibility index (Phi) is 9.86. The van der Waals surface area contributed by atoms with E-state index < -0.39 is 0 Å². The van der Waals surface area contributed by atoms with Crippen molar-refractivity contribution < 1.29 is 14.7 Å². The number of rotatable bonds is 1. The number of nitrogens with zero attached hydrogens (tertiary/aromatic N) is 3. The van der Waals surface area contributed by atoms with E-state index in [1.54, 1.807) is 6.92 Å². The maximum atomic E-state index is 9.82. The zero-order chi connectivity index (χ0) is 9.98. The van der Waals surface area contributed by atoms with Crippen molar-refractivity contribution in [2.75, 3.05) is 6.61 Å². The highest BCUT2D eigenvalue weighted by atomic mass is 16.5. The van der Waals surface area contributed by atoms with Gasteiger partial charge in [0.05, 0.1) is 6.61 Å². The van der Waals surface area contributed by atoms with Gasteiger partial charge in [-0.15, -0.1) is 0 Å². The Labute approximate surface area is 70.1 Å². The molecule has 0 spiro atoms. The highest BCUT2D eigenvalue weighted by molar-refractivity contribution is 5.65. The molecule has 0 aliphatic heterocycles. The van der Waals surface area contributed by atoms with E-state index in [0.717, 1.165) is 12.4 Å². The van der Waals surface area contributed by atoms with Crippen LogP contribution < -0.4 is 0 Å². The lowest BCUT2D eigenvalue weighted by Crippen LogP contribution is -2.00. The predicted molar refractivity (Wildman–Crippen MR) is 37.2 cm³/mol. The minimum Gasteiger partial charge on any atom is -0.466 e. The second-order valence-electron chi connectivity index (χ2n) is 1.44. The molecule has 1 N–H and O–H groups in total. The Hall–Kier alpha value is -1.79. The molecule has 0 atom stereocenters. The van der Waals surface area contributed by atoms with Crippen LogP contribution in [-0.2, 0) is 9.53 Å². The number of hydrogen-bond donors (Lipinski definition) is 1. The molecule has 66 valence electrons. The van der Waals surface area contributed by atoms with Gasteiger partial charge in [0.2, 0.25) is 12.4 Å². The molecule has 0 fully saturated rings. The van der Waals surface area contributed by atoms with Gasteiger partial charge in [0.1, 0.15) is 0 Å². The van der Waals surface area contributed by atoms with Crippen LogP contribution in [0.5, 0.6) is 0 Å². The largest absolute Gasteiger partial charge is 0.466 e. The molecule has 0 unspecified atom stereocenters. The number of carbonyl (C=O) groups is 1. The summed E-state index contributed by atoms with van der Waals surface area (Å²) in [5.41, 5.74) is 0. The second-order valence-corrected chi connectivity index (χ2v) is 1.44. The fourth-order valence-corrected chi connectivity index (χ4v) is 0.226.